The normalized spacial score (nSPS) is 17.0. The first kappa shape index (κ1) is 18.3. The highest BCUT2D eigenvalue weighted by atomic mass is 19.4. The molecule has 0 radical (unpaired) electrons. The molecule has 1 amide bonds. The maximum atomic E-state index is 12.8. The number of halogens is 3. The van der Waals surface area contributed by atoms with Crippen molar-refractivity contribution < 1.29 is 27.5 Å². The second kappa shape index (κ2) is 7.21. The van der Waals surface area contributed by atoms with Crippen LogP contribution in [0.2, 0.25) is 0 Å². The van der Waals surface area contributed by atoms with E-state index in [-0.39, 0.29) is 19.4 Å². The molecule has 0 saturated heterocycles. The van der Waals surface area contributed by atoms with E-state index in [1.165, 1.54) is 7.05 Å². The molecule has 0 aliphatic heterocycles. The average Bonchev–Trinajstić information content (AvgIpc) is 3.32. The van der Waals surface area contributed by atoms with Crippen molar-refractivity contribution in [2.24, 2.45) is 0 Å². The summed E-state index contributed by atoms with van der Waals surface area (Å²) < 4.78 is 43.6. The third-order valence-electron chi connectivity index (χ3n) is 3.92. The molecule has 1 aliphatic rings. The van der Waals surface area contributed by atoms with Crippen molar-refractivity contribution in [3.63, 3.8) is 0 Å². The number of likely N-dealkylation sites (N-methyl/N-ethyl adjacent to an activating group) is 1. The van der Waals surface area contributed by atoms with Crippen molar-refractivity contribution in [2.75, 3.05) is 7.05 Å². The number of nitrogens with one attached hydrogen (secondary N) is 2. The number of hydrogen-bond donors (Lipinski definition) is 2. The van der Waals surface area contributed by atoms with Crippen LogP contribution in [0.25, 0.3) is 0 Å². The molecule has 1 unspecified atom stereocenters. The van der Waals surface area contributed by atoms with Gasteiger partial charge in [-0.25, -0.2) is 0 Å². The molecule has 0 spiro atoms. The van der Waals surface area contributed by atoms with Crippen LogP contribution >= 0.6 is 0 Å². The van der Waals surface area contributed by atoms with E-state index in [2.05, 4.69) is 5.32 Å². The summed E-state index contributed by atoms with van der Waals surface area (Å²) in [6.07, 6.45) is -5.16. The monoisotopic (exact) mass is 344 g/mol. The lowest BCUT2D eigenvalue weighted by atomic mass is 10.1. The number of rotatable bonds is 7. The smallest absolute Gasteiger partial charge is 0.411 e. The van der Waals surface area contributed by atoms with E-state index in [0.29, 0.717) is 0 Å². The van der Waals surface area contributed by atoms with Crippen molar-refractivity contribution in [3.05, 3.63) is 35.9 Å². The first-order valence-electron chi connectivity index (χ1n) is 7.53. The Kier molecular flexibility index (Phi) is 5.48. The van der Waals surface area contributed by atoms with Gasteiger partial charge in [-0.3, -0.25) is 9.59 Å². The molecule has 1 aromatic carbocycles. The minimum Gasteiger partial charge on any atom is -0.460 e. The Balaban J connectivity index is 1.85. The quantitative estimate of drug-likeness (QED) is 0.742. The summed E-state index contributed by atoms with van der Waals surface area (Å²) in [5, 5.41) is 4.59. The second-order valence-corrected chi connectivity index (χ2v) is 5.77. The van der Waals surface area contributed by atoms with E-state index in [4.69, 9.17) is 4.74 Å². The van der Waals surface area contributed by atoms with Gasteiger partial charge in [0.1, 0.15) is 18.2 Å². The first-order chi connectivity index (χ1) is 11.3. The summed E-state index contributed by atoms with van der Waals surface area (Å²) >= 11 is 0. The highest BCUT2D eigenvalue weighted by Gasteiger charge is 2.64. The summed E-state index contributed by atoms with van der Waals surface area (Å²) in [7, 11) is 1.44. The minimum atomic E-state index is -4.48. The fourth-order valence-electron chi connectivity index (χ4n) is 2.24. The highest BCUT2D eigenvalue weighted by molar-refractivity contribution is 5.86. The predicted molar refractivity (Wildman–Crippen MR) is 79.9 cm³/mol. The summed E-state index contributed by atoms with van der Waals surface area (Å²) in [6.45, 7) is 0.0337. The van der Waals surface area contributed by atoms with E-state index < -0.39 is 36.1 Å². The largest absolute Gasteiger partial charge is 0.460 e. The van der Waals surface area contributed by atoms with Crippen molar-refractivity contribution in [1.82, 2.24) is 10.6 Å². The van der Waals surface area contributed by atoms with E-state index in [1.807, 2.05) is 11.4 Å². The zero-order valence-corrected chi connectivity index (χ0v) is 13.2. The lowest BCUT2D eigenvalue weighted by Crippen LogP contribution is -2.50. The molecule has 8 heteroatoms. The van der Waals surface area contributed by atoms with Gasteiger partial charge in [-0.05, 0) is 25.5 Å². The van der Waals surface area contributed by atoms with Crippen molar-refractivity contribution in [1.29, 1.82) is 0 Å². The molecule has 1 atom stereocenters. The fraction of sp³-hybridized carbons (Fsp3) is 0.500. The number of amides is 1. The Labute approximate surface area is 137 Å². The number of alkyl halides is 3. The number of hydrogen-bond acceptors (Lipinski definition) is 4. The molecule has 0 bridgehead atoms. The lowest BCUT2D eigenvalue weighted by Gasteiger charge is -2.22. The zero-order valence-electron chi connectivity index (χ0n) is 13.2. The van der Waals surface area contributed by atoms with Gasteiger partial charge in [0.25, 0.3) is 0 Å². The van der Waals surface area contributed by atoms with Crippen LogP contribution in [-0.4, -0.2) is 36.7 Å². The van der Waals surface area contributed by atoms with E-state index in [9.17, 15) is 22.8 Å². The van der Waals surface area contributed by atoms with Crippen LogP contribution in [0.15, 0.2) is 30.3 Å². The van der Waals surface area contributed by atoms with Crippen LogP contribution in [0.4, 0.5) is 13.2 Å². The summed E-state index contributed by atoms with van der Waals surface area (Å²) in [5.74, 6) is -1.52. The molecule has 0 heterocycles. The molecule has 0 aromatic heterocycles. The molecular formula is C16H19F3N2O3. The van der Waals surface area contributed by atoms with E-state index in [0.717, 1.165) is 5.56 Å². The Hall–Kier alpha value is -2.09. The SMILES string of the molecule is CNC(CC(=O)NC1(C(F)(F)F)CC1)C(=O)OCc1ccccc1. The first-order valence-corrected chi connectivity index (χ1v) is 7.53. The summed E-state index contributed by atoms with van der Waals surface area (Å²) in [5.41, 5.74) is -1.35. The summed E-state index contributed by atoms with van der Waals surface area (Å²) in [4.78, 5) is 23.8. The number of carbonyl (C=O) groups excluding carboxylic acids is 2. The van der Waals surface area contributed by atoms with Crippen LogP contribution in [0.3, 0.4) is 0 Å². The molecule has 2 rings (SSSR count). The van der Waals surface area contributed by atoms with Gasteiger partial charge in [-0.1, -0.05) is 30.3 Å². The number of ether oxygens (including phenoxy) is 1. The fourth-order valence-corrected chi connectivity index (χ4v) is 2.24. The molecule has 132 valence electrons. The Morgan fingerprint density at radius 3 is 2.38 bits per heavy atom. The van der Waals surface area contributed by atoms with Crippen LogP contribution in [0.1, 0.15) is 24.8 Å². The Morgan fingerprint density at radius 2 is 1.88 bits per heavy atom. The lowest BCUT2D eigenvalue weighted by molar-refractivity contribution is -0.170. The number of carbonyl (C=O) groups is 2. The molecule has 1 fully saturated rings. The van der Waals surface area contributed by atoms with Gasteiger partial charge < -0.3 is 15.4 Å². The zero-order chi connectivity index (χ0) is 17.8. The maximum Gasteiger partial charge on any atom is 0.411 e. The van der Waals surface area contributed by atoms with Crippen LogP contribution in [0.5, 0.6) is 0 Å². The predicted octanol–water partition coefficient (Wildman–Crippen LogP) is 1.92. The second-order valence-electron chi connectivity index (χ2n) is 5.77. The van der Waals surface area contributed by atoms with Gasteiger partial charge in [0.2, 0.25) is 5.91 Å². The molecule has 1 saturated carbocycles. The van der Waals surface area contributed by atoms with Crippen molar-refractivity contribution in [3.8, 4) is 0 Å². The van der Waals surface area contributed by atoms with Gasteiger partial charge in [-0.15, -0.1) is 0 Å². The van der Waals surface area contributed by atoms with Crippen LogP contribution in [-0.2, 0) is 20.9 Å². The van der Waals surface area contributed by atoms with E-state index in [1.54, 1.807) is 24.3 Å². The number of benzene rings is 1. The molecule has 2 N–H and O–H groups in total. The average molecular weight is 344 g/mol. The van der Waals surface area contributed by atoms with Crippen molar-refractivity contribution >= 4 is 11.9 Å². The molecule has 1 aromatic rings. The minimum absolute atomic E-state index is 0.0337. The molecular weight excluding hydrogens is 325 g/mol. The maximum absolute atomic E-state index is 12.8. The standard InChI is InChI=1S/C16H19F3N2O3/c1-20-12(14(23)24-10-11-5-3-2-4-6-11)9-13(22)21-15(7-8-15)16(17,18)19/h2-6,12,20H,7-10H2,1H3,(H,21,22). The summed E-state index contributed by atoms with van der Waals surface area (Å²) in [6, 6.07) is 7.94. The van der Waals surface area contributed by atoms with Gasteiger partial charge in [0.05, 0.1) is 6.42 Å². The highest BCUT2D eigenvalue weighted by Crippen LogP contribution is 2.48. The van der Waals surface area contributed by atoms with Gasteiger partial charge >= 0.3 is 12.1 Å². The van der Waals surface area contributed by atoms with Gasteiger partial charge in [0.15, 0.2) is 0 Å². The Morgan fingerprint density at radius 1 is 1.25 bits per heavy atom. The van der Waals surface area contributed by atoms with Gasteiger partial charge in [-0.2, -0.15) is 13.2 Å². The topological polar surface area (TPSA) is 67.4 Å². The number of esters is 1. The molecule has 5 nitrogen and oxygen atoms in total. The molecule has 1 aliphatic carbocycles. The van der Waals surface area contributed by atoms with Crippen LogP contribution in [0, 0.1) is 0 Å². The third kappa shape index (κ3) is 4.47. The van der Waals surface area contributed by atoms with Crippen molar-refractivity contribution in [2.45, 2.75) is 43.6 Å². The van der Waals surface area contributed by atoms with Crippen LogP contribution < -0.4 is 10.6 Å². The van der Waals surface area contributed by atoms with Gasteiger partial charge in [0, 0.05) is 0 Å². The van der Waals surface area contributed by atoms with E-state index >= 15 is 0 Å². The third-order valence-corrected chi connectivity index (χ3v) is 3.92. The Bertz CT molecular complexity index is 586. The molecule has 24 heavy (non-hydrogen) atoms.